The summed E-state index contributed by atoms with van der Waals surface area (Å²) >= 11 is 0. The van der Waals surface area contributed by atoms with E-state index in [1.807, 2.05) is 19.1 Å². The van der Waals surface area contributed by atoms with Gasteiger partial charge in [0.05, 0.1) is 12.2 Å². The molecule has 0 bridgehead atoms. The minimum atomic E-state index is -0.273. The molecule has 4 nitrogen and oxygen atoms in total. The average molecular weight is 202 g/mol. The van der Waals surface area contributed by atoms with Crippen molar-refractivity contribution in [3.63, 3.8) is 0 Å². The van der Waals surface area contributed by atoms with Crippen LogP contribution in [0.25, 0.3) is 0 Å². The number of hydrogen-bond donors (Lipinski definition) is 0. The molecule has 0 spiro atoms. The van der Waals surface area contributed by atoms with E-state index in [-0.39, 0.29) is 18.4 Å². The molecule has 76 valence electrons. The minimum absolute atomic E-state index is 0.247. The zero-order chi connectivity index (χ0) is 10.8. The molecule has 0 aromatic carbocycles. The standard InChI is InChI=1S/C11H10N2O2/c1-8-3-2-6-12-9(8)7-13-10(14)4-5-11(13)15/h2-6H,7H2,1H3. The SMILES string of the molecule is Cc1cccnc1CN1C(=O)C=CC1=O. The average Bonchev–Trinajstić information content (AvgIpc) is 2.53. The van der Waals surface area contributed by atoms with Crippen molar-refractivity contribution in [2.75, 3.05) is 0 Å². The topological polar surface area (TPSA) is 50.3 Å². The predicted octanol–water partition coefficient (Wildman–Crippen LogP) is 0.815. The van der Waals surface area contributed by atoms with Gasteiger partial charge in [0.15, 0.2) is 0 Å². The Labute approximate surface area is 87.2 Å². The van der Waals surface area contributed by atoms with Gasteiger partial charge in [-0.1, -0.05) is 6.07 Å². The van der Waals surface area contributed by atoms with Crippen molar-refractivity contribution >= 4 is 11.8 Å². The quantitative estimate of drug-likeness (QED) is 0.667. The van der Waals surface area contributed by atoms with E-state index in [1.54, 1.807) is 6.20 Å². The second-order valence-corrected chi connectivity index (χ2v) is 3.36. The van der Waals surface area contributed by atoms with Gasteiger partial charge in [0.1, 0.15) is 0 Å². The maximum absolute atomic E-state index is 11.3. The normalized spacial score (nSPS) is 15.1. The fourth-order valence-electron chi connectivity index (χ4n) is 1.42. The van der Waals surface area contributed by atoms with Gasteiger partial charge in [-0.2, -0.15) is 0 Å². The third-order valence-electron chi connectivity index (χ3n) is 2.33. The monoisotopic (exact) mass is 202 g/mol. The molecule has 2 amide bonds. The molecule has 0 N–H and O–H groups in total. The predicted molar refractivity (Wildman–Crippen MR) is 53.7 cm³/mol. The number of aryl methyl sites for hydroxylation is 1. The Balaban J connectivity index is 2.20. The number of hydrogen-bond acceptors (Lipinski definition) is 3. The van der Waals surface area contributed by atoms with E-state index >= 15 is 0 Å². The molecule has 1 aromatic heterocycles. The number of carbonyl (C=O) groups excluding carboxylic acids is 2. The second-order valence-electron chi connectivity index (χ2n) is 3.36. The van der Waals surface area contributed by atoms with Crippen LogP contribution in [-0.2, 0) is 16.1 Å². The van der Waals surface area contributed by atoms with Gasteiger partial charge in [-0.25, -0.2) is 0 Å². The van der Waals surface area contributed by atoms with Crippen LogP contribution in [0.2, 0.25) is 0 Å². The number of amides is 2. The van der Waals surface area contributed by atoms with Crippen molar-refractivity contribution in [1.82, 2.24) is 9.88 Å². The minimum Gasteiger partial charge on any atom is -0.269 e. The number of rotatable bonds is 2. The van der Waals surface area contributed by atoms with E-state index in [0.717, 1.165) is 11.3 Å². The van der Waals surface area contributed by atoms with E-state index in [2.05, 4.69) is 4.98 Å². The van der Waals surface area contributed by atoms with Gasteiger partial charge in [0.2, 0.25) is 0 Å². The van der Waals surface area contributed by atoms with E-state index in [9.17, 15) is 9.59 Å². The lowest BCUT2D eigenvalue weighted by Gasteiger charge is -2.14. The van der Waals surface area contributed by atoms with E-state index in [0.29, 0.717) is 0 Å². The Kier molecular flexibility index (Phi) is 2.33. The van der Waals surface area contributed by atoms with Gasteiger partial charge in [-0.3, -0.25) is 19.5 Å². The van der Waals surface area contributed by atoms with E-state index < -0.39 is 0 Å². The van der Waals surface area contributed by atoms with Crippen LogP contribution in [0.5, 0.6) is 0 Å². The molecule has 15 heavy (non-hydrogen) atoms. The van der Waals surface area contributed by atoms with Crippen molar-refractivity contribution in [2.24, 2.45) is 0 Å². The lowest BCUT2D eigenvalue weighted by molar-refractivity contribution is -0.137. The van der Waals surface area contributed by atoms with Crippen LogP contribution in [0.3, 0.4) is 0 Å². The number of aromatic nitrogens is 1. The van der Waals surface area contributed by atoms with Gasteiger partial charge in [0, 0.05) is 18.3 Å². The van der Waals surface area contributed by atoms with Crippen molar-refractivity contribution in [3.8, 4) is 0 Å². The summed E-state index contributed by atoms with van der Waals surface area (Å²) in [7, 11) is 0. The highest BCUT2D eigenvalue weighted by Crippen LogP contribution is 2.11. The van der Waals surface area contributed by atoms with Crippen molar-refractivity contribution < 1.29 is 9.59 Å². The third-order valence-corrected chi connectivity index (χ3v) is 2.33. The number of pyridine rings is 1. The molecule has 0 saturated carbocycles. The second kappa shape index (κ2) is 3.65. The van der Waals surface area contributed by atoms with Crippen LogP contribution in [0.1, 0.15) is 11.3 Å². The van der Waals surface area contributed by atoms with Crippen LogP contribution in [0, 0.1) is 6.92 Å². The fraction of sp³-hybridized carbons (Fsp3) is 0.182. The molecular formula is C11H10N2O2. The highest BCUT2D eigenvalue weighted by atomic mass is 16.2. The molecule has 1 aromatic rings. The number of nitrogens with zero attached hydrogens (tertiary/aromatic N) is 2. The van der Waals surface area contributed by atoms with Crippen LogP contribution in [0.15, 0.2) is 30.5 Å². The first-order valence-electron chi connectivity index (χ1n) is 4.62. The molecule has 1 aliphatic rings. The van der Waals surface area contributed by atoms with Crippen molar-refractivity contribution in [2.45, 2.75) is 13.5 Å². The zero-order valence-corrected chi connectivity index (χ0v) is 8.30. The summed E-state index contributed by atoms with van der Waals surface area (Å²) in [6.45, 7) is 2.15. The number of carbonyl (C=O) groups is 2. The molecule has 0 saturated heterocycles. The molecule has 0 fully saturated rings. The van der Waals surface area contributed by atoms with Gasteiger partial charge >= 0.3 is 0 Å². The maximum Gasteiger partial charge on any atom is 0.253 e. The van der Waals surface area contributed by atoms with Crippen LogP contribution in [0.4, 0.5) is 0 Å². The van der Waals surface area contributed by atoms with E-state index in [1.165, 1.54) is 17.1 Å². The summed E-state index contributed by atoms with van der Waals surface area (Å²) in [5, 5.41) is 0. The molecule has 1 aliphatic heterocycles. The largest absolute Gasteiger partial charge is 0.269 e. The fourth-order valence-corrected chi connectivity index (χ4v) is 1.42. The molecule has 0 atom stereocenters. The first kappa shape index (κ1) is 9.58. The molecular weight excluding hydrogens is 192 g/mol. The van der Waals surface area contributed by atoms with Crippen LogP contribution < -0.4 is 0 Å². The summed E-state index contributed by atoms with van der Waals surface area (Å²) in [5.74, 6) is -0.546. The number of imide groups is 1. The Morgan fingerprint density at radius 1 is 1.27 bits per heavy atom. The summed E-state index contributed by atoms with van der Waals surface area (Å²) < 4.78 is 0. The molecule has 0 unspecified atom stereocenters. The van der Waals surface area contributed by atoms with Gasteiger partial charge in [-0.15, -0.1) is 0 Å². The van der Waals surface area contributed by atoms with E-state index in [4.69, 9.17) is 0 Å². The Morgan fingerprint density at radius 3 is 2.53 bits per heavy atom. The van der Waals surface area contributed by atoms with Gasteiger partial charge < -0.3 is 0 Å². The van der Waals surface area contributed by atoms with Crippen molar-refractivity contribution in [3.05, 3.63) is 41.7 Å². The summed E-state index contributed by atoms with van der Waals surface area (Å²) in [4.78, 5) is 27.9. The smallest absolute Gasteiger partial charge is 0.253 e. The molecule has 2 heterocycles. The Hall–Kier alpha value is -1.97. The maximum atomic E-state index is 11.3. The van der Waals surface area contributed by atoms with Crippen LogP contribution in [-0.4, -0.2) is 21.7 Å². The molecule has 0 aliphatic carbocycles. The molecule has 2 rings (SSSR count). The highest BCUT2D eigenvalue weighted by Gasteiger charge is 2.23. The summed E-state index contributed by atoms with van der Waals surface area (Å²) in [5.41, 5.74) is 1.73. The zero-order valence-electron chi connectivity index (χ0n) is 8.30. The van der Waals surface area contributed by atoms with Gasteiger partial charge in [0.25, 0.3) is 11.8 Å². The lowest BCUT2D eigenvalue weighted by Crippen LogP contribution is -2.29. The Morgan fingerprint density at radius 2 is 1.93 bits per heavy atom. The first-order chi connectivity index (χ1) is 7.18. The summed E-state index contributed by atoms with van der Waals surface area (Å²) in [6, 6.07) is 3.73. The molecule has 4 heteroatoms. The third kappa shape index (κ3) is 1.79. The molecule has 0 radical (unpaired) electrons. The Bertz CT molecular complexity index is 434. The lowest BCUT2D eigenvalue weighted by atomic mass is 10.2. The highest BCUT2D eigenvalue weighted by molar-refractivity contribution is 6.12. The summed E-state index contributed by atoms with van der Waals surface area (Å²) in [6.07, 6.45) is 4.21. The van der Waals surface area contributed by atoms with Crippen molar-refractivity contribution in [1.29, 1.82) is 0 Å². The van der Waals surface area contributed by atoms with Gasteiger partial charge in [-0.05, 0) is 18.6 Å². The first-order valence-corrected chi connectivity index (χ1v) is 4.62. The van der Waals surface area contributed by atoms with Crippen LogP contribution >= 0.6 is 0 Å².